The number of hydrogen-bond donors (Lipinski definition) is 0. The highest BCUT2D eigenvalue weighted by molar-refractivity contribution is 6.09. The molecule has 0 N–H and O–H groups in total. The fourth-order valence-corrected chi connectivity index (χ4v) is 3.81. The van der Waals surface area contributed by atoms with E-state index in [9.17, 15) is 0 Å². The number of anilines is 1. The molecule has 0 bridgehead atoms. The lowest BCUT2D eigenvalue weighted by atomic mass is 10.1. The Bertz CT molecular complexity index is 1140. The zero-order chi connectivity index (χ0) is 18.9. The van der Waals surface area contributed by atoms with Gasteiger partial charge in [0.25, 0.3) is 0 Å². The van der Waals surface area contributed by atoms with Gasteiger partial charge in [-0.2, -0.15) is 5.10 Å². The fourth-order valence-electron chi connectivity index (χ4n) is 3.81. The molecule has 0 radical (unpaired) electrons. The Morgan fingerprint density at radius 1 is 1.00 bits per heavy atom. The van der Waals surface area contributed by atoms with Gasteiger partial charge in [0.15, 0.2) is 0 Å². The molecule has 1 fully saturated rings. The first-order chi connectivity index (χ1) is 13.8. The maximum atomic E-state index is 5.42. The summed E-state index contributed by atoms with van der Waals surface area (Å²) in [5.74, 6) is 0. The minimum atomic E-state index is 0.280. The Kier molecular flexibility index (Phi) is 4.34. The van der Waals surface area contributed by atoms with Gasteiger partial charge in [-0.15, -0.1) is 0 Å². The van der Waals surface area contributed by atoms with Crippen molar-refractivity contribution in [1.29, 1.82) is 0 Å². The SMILES string of the molecule is CCn1c2ccccc2c2cc(C=NN(CC3CO3)c3ccccc3)ccc21. The van der Waals surface area contributed by atoms with Crippen molar-refractivity contribution in [3.05, 3.63) is 78.4 Å². The van der Waals surface area contributed by atoms with E-state index in [1.54, 1.807) is 0 Å². The molecular formula is C24H23N3O. The maximum Gasteiger partial charge on any atom is 0.101 e. The smallest absolute Gasteiger partial charge is 0.101 e. The average Bonchev–Trinajstić information content (AvgIpc) is 3.52. The van der Waals surface area contributed by atoms with E-state index < -0.39 is 0 Å². The van der Waals surface area contributed by atoms with Crippen LogP contribution >= 0.6 is 0 Å². The molecule has 1 aliphatic heterocycles. The third kappa shape index (κ3) is 3.16. The average molecular weight is 369 g/mol. The Labute approximate surface area is 164 Å². The number of benzene rings is 3. The van der Waals surface area contributed by atoms with Crippen LogP contribution in [-0.4, -0.2) is 30.0 Å². The van der Waals surface area contributed by atoms with Gasteiger partial charge < -0.3 is 9.30 Å². The summed E-state index contributed by atoms with van der Waals surface area (Å²) in [6, 6.07) is 25.5. The van der Waals surface area contributed by atoms with Crippen molar-refractivity contribution in [1.82, 2.24) is 4.57 Å². The van der Waals surface area contributed by atoms with Crippen LogP contribution in [0, 0.1) is 0 Å². The molecule has 1 saturated heterocycles. The second-order valence-electron chi connectivity index (χ2n) is 7.16. The Hall–Kier alpha value is -3.11. The second-order valence-corrected chi connectivity index (χ2v) is 7.16. The number of rotatable bonds is 6. The van der Waals surface area contributed by atoms with E-state index in [2.05, 4.69) is 66.1 Å². The number of para-hydroxylation sites is 2. The lowest BCUT2D eigenvalue weighted by Crippen LogP contribution is -2.22. The third-order valence-corrected chi connectivity index (χ3v) is 5.29. The molecule has 3 aromatic carbocycles. The van der Waals surface area contributed by atoms with Crippen molar-refractivity contribution in [2.75, 3.05) is 18.2 Å². The number of aryl methyl sites for hydroxylation is 1. The van der Waals surface area contributed by atoms with E-state index in [1.807, 2.05) is 29.4 Å². The van der Waals surface area contributed by atoms with E-state index in [0.717, 1.165) is 30.9 Å². The van der Waals surface area contributed by atoms with Crippen LogP contribution in [0.2, 0.25) is 0 Å². The molecule has 0 saturated carbocycles. The van der Waals surface area contributed by atoms with Gasteiger partial charge in [0.1, 0.15) is 6.10 Å². The first-order valence-electron chi connectivity index (χ1n) is 9.82. The third-order valence-electron chi connectivity index (χ3n) is 5.29. The van der Waals surface area contributed by atoms with Crippen LogP contribution in [0.1, 0.15) is 12.5 Å². The van der Waals surface area contributed by atoms with Crippen LogP contribution in [0.3, 0.4) is 0 Å². The number of aromatic nitrogens is 1. The van der Waals surface area contributed by atoms with Gasteiger partial charge in [-0.3, -0.25) is 5.01 Å². The van der Waals surface area contributed by atoms with Crippen LogP contribution in [0.5, 0.6) is 0 Å². The highest BCUT2D eigenvalue weighted by Crippen LogP contribution is 2.29. The standard InChI is InChI=1S/C24H23N3O/c1-2-26-23-11-7-6-10-21(23)22-14-18(12-13-24(22)26)15-25-27(16-20-17-28-20)19-8-4-3-5-9-19/h3-15,20H,2,16-17H2,1H3. The van der Waals surface area contributed by atoms with Crippen LogP contribution in [0.25, 0.3) is 21.8 Å². The van der Waals surface area contributed by atoms with E-state index >= 15 is 0 Å². The normalized spacial score (nSPS) is 16.2. The Morgan fingerprint density at radius 2 is 1.75 bits per heavy atom. The molecule has 2 heterocycles. The van der Waals surface area contributed by atoms with Gasteiger partial charge in [0.05, 0.1) is 25.1 Å². The monoisotopic (exact) mass is 369 g/mol. The molecule has 0 amide bonds. The van der Waals surface area contributed by atoms with Crippen molar-refractivity contribution in [2.24, 2.45) is 5.10 Å². The van der Waals surface area contributed by atoms with Crippen LogP contribution in [0.15, 0.2) is 77.9 Å². The van der Waals surface area contributed by atoms with Crippen molar-refractivity contribution >= 4 is 33.7 Å². The summed E-state index contributed by atoms with van der Waals surface area (Å²) in [7, 11) is 0. The first kappa shape index (κ1) is 17.0. The highest BCUT2D eigenvalue weighted by atomic mass is 16.6. The molecular weight excluding hydrogens is 346 g/mol. The number of nitrogens with zero attached hydrogens (tertiary/aromatic N) is 3. The van der Waals surface area contributed by atoms with Gasteiger partial charge >= 0.3 is 0 Å². The number of epoxide rings is 1. The van der Waals surface area contributed by atoms with E-state index in [0.29, 0.717) is 0 Å². The molecule has 1 aliphatic rings. The van der Waals surface area contributed by atoms with Crippen LogP contribution < -0.4 is 5.01 Å². The Morgan fingerprint density at radius 3 is 2.54 bits per heavy atom. The van der Waals surface area contributed by atoms with Gasteiger partial charge in [-0.1, -0.05) is 42.5 Å². The van der Waals surface area contributed by atoms with E-state index in [4.69, 9.17) is 9.84 Å². The molecule has 5 rings (SSSR count). The van der Waals surface area contributed by atoms with Crippen LogP contribution in [0.4, 0.5) is 5.69 Å². The van der Waals surface area contributed by atoms with E-state index in [-0.39, 0.29) is 6.10 Å². The minimum Gasteiger partial charge on any atom is -0.371 e. The summed E-state index contributed by atoms with van der Waals surface area (Å²) in [5.41, 5.74) is 4.74. The van der Waals surface area contributed by atoms with Gasteiger partial charge in [-0.05, 0) is 42.8 Å². The summed E-state index contributed by atoms with van der Waals surface area (Å²) in [4.78, 5) is 0. The summed E-state index contributed by atoms with van der Waals surface area (Å²) >= 11 is 0. The summed E-state index contributed by atoms with van der Waals surface area (Å²) in [5, 5.41) is 9.37. The number of fused-ring (bicyclic) bond motifs is 3. The maximum absolute atomic E-state index is 5.42. The van der Waals surface area contributed by atoms with Crippen LogP contribution in [-0.2, 0) is 11.3 Å². The largest absolute Gasteiger partial charge is 0.371 e. The van der Waals surface area contributed by atoms with Gasteiger partial charge in [0, 0.05) is 28.4 Å². The zero-order valence-corrected chi connectivity index (χ0v) is 16.0. The fraction of sp³-hybridized carbons (Fsp3) is 0.208. The van der Waals surface area contributed by atoms with E-state index in [1.165, 1.54) is 21.8 Å². The topological polar surface area (TPSA) is 33.1 Å². The highest BCUT2D eigenvalue weighted by Gasteiger charge is 2.25. The molecule has 0 aliphatic carbocycles. The molecule has 0 spiro atoms. The predicted octanol–water partition coefficient (Wildman–Crippen LogP) is 5.05. The zero-order valence-electron chi connectivity index (χ0n) is 16.0. The van der Waals surface area contributed by atoms with Crippen molar-refractivity contribution in [2.45, 2.75) is 19.6 Å². The first-order valence-corrected chi connectivity index (χ1v) is 9.82. The predicted molar refractivity (Wildman–Crippen MR) is 116 cm³/mol. The molecule has 4 heteroatoms. The summed E-state index contributed by atoms with van der Waals surface area (Å²) < 4.78 is 7.78. The van der Waals surface area contributed by atoms with Gasteiger partial charge in [0.2, 0.25) is 0 Å². The molecule has 4 aromatic rings. The number of hydrazone groups is 1. The quantitative estimate of drug-likeness (QED) is 0.271. The Balaban J connectivity index is 1.52. The lowest BCUT2D eigenvalue weighted by molar-refractivity contribution is 0.408. The van der Waals surface area contributed by atoms with Crippen molar-refractivity contribution in [3.8, 4) is 0 Å². The summed E-state index contributed by atoms with van der Waals surface area (Å²) in [6.07, 6.45) is 2.23. The molecule has 28 heavy (non-hydrogen) atoms. The molecule has 1 unspecified atom stereocenters. The van der Waals surface area contributed by atoms with Crippen molar-refractivity contribution < 1.29 is 4.74 Å². The minimum absolute atomic E-state index is 0.280. The molecule has 1 aromatic heterocycles. The number of ether oxygens (including phenoxy) is 1. The molecule has 1 atom stereocenters. The molecule has 140 valence electrons. The molecule has 4 nitrogen and oxygen atoms in total. The lowest BCUT2D eigenvalue weighted by Gasteiger charge is -2.17. The van der Waals surface area contributed by atoms with Gasteiger partial charge in [-0.25, -0.2) is 0 Å². The second kappa shape index (κ2) is 7.13. The summed E-state index contributed by atoms with van der Waals surface area (Å²) in [6.45, 7) is 4.75. The van der Waals surface area contributed by atoms with Crippen molar-refractivity contribution in [3.63, 3.8) is 0 Å². The number of hydrogen-bond acceptors (Lipinski definition) is 3.